The van der Waals surface area contributed by atoms with Crippen molar-refractivity contribution >= 4 is 35.1 Å². The highest BCUT2D eigenvalue weighted by Crippen LogP contribution is 2.38. The number of carbonyl (C=O) groups excluding carboxylic acids is 5. The van der Waals surface area contributed by atoms with Crippen LogP contribution in [0.1, 0.15) is 105 Å². The Bertz CT molecular complexity index is 1780. The number of hydrogen-bond donors (Lipinski definition) is 4. The molecule has 3 aromatic rings. The molecule has 3 aromatic heterocycles. The van der Waals surface area contributed by atoms with Gasteiger partial charge < -0.3 is 35.9 Å². The summed E-state index contributed by atoms with van der Waals surface area (Å²) in [7, 11) is 0. The molecular formula is C34H45N9O7. The van der Waals surface area contributed by atoms with E-state index in [0.29, 0.717) is 29.0 Å². The Hall–Kier alpha value is -4.70. The van der Waals surface area contributed by atoms with Gasteiger partial charge in [0.15, 0.2) is 0 Å². The Morgan fingerprint density at radius 3 is 2.46 bits per heavy atom. The summed E-state index contributed by atoms with van der Waals surface area (Å²) < 4.78 is 8.64. The van der Waals surface area contributed by atoms with E-state index >= 15 is 0 Å². The number of likely N-dealkylation sites (tertiary alicyclic amines) is 1. The minimum absolute atomic E-state index is 0.0510. The first-order valence-corrected chi connectivity index (χ1v) is 17.2. The number of pyridine rings is 1. The number of aromatic nitrogens is 5. The molecule has 0 bridgehead atoms. The zero-order chi connectivity index (χ0) is 35.8. The Morgan fingerprint density at radius 2 is 1.80 bits per heavy atom. The number of amides is 4. The topological polar surface area (TPSA) is 230 Å². The van der Waals surface area contributed by atoms with Gasteiger partial charge in [-0.25, -0.2) is 9.67 Å². The highest BCUT2D eigenvalue weighted by molar-refractivity contribution is 6.39. The van der Waals surface area contributed by atoms with Crippen LogP contribution in [-0.2, 0) is 29.5 Å². The molecule has 6 N–H and O–H groups in total. The average Bonchev–Trinajstić information content (AvgIpc) is 3.85. The fourth-order valence-electron chi connectivity index (χ4n) is 7.75. The third-order valence-corrected chi connectivity index (χ3v) is 10.5. The number of Topliss-reactive ketones (excluding diaryl/α,β-unsaturated/α-hetero) is 1. The van der Waals surface area contributed by atoms with Gasteiger partial charge in [-0.1, -0.05) is 37.3 Å². The van der Waals surface area contributed by atoms with Crippen molar-refractivity contribution in [2.24, 2.45) is 17.4 Å². The van der Waals surface area contributed by atoms with Crippen LogP contribution in [0.15, 0.2) is 30.7 Å². The van der Waals surface area contributed by atoms with Gasteiger partial charge in [0.1, 0.15) is 22.8 Å². The van der Waals surface area contributed by atoms with Crippen molar-refractivity contribution in [1.29, 1.82) is 0 Å². The summed E-state index contributed by atoms with van der Waals surface area (Å²) in [6.45, 7) is 3.53. The Labute approximate surface area is 288 Å². The first-order valence-electron chi connectivity index (χ1n) is 17.2. The van der Waals surface area contributed by atoms with Crippen LogP contribution in [0.3, 0.4) is 0 Å². The molecule has 4 amide bonds. The van der Waals surface area contributed by atoms with Crippen molar-refractivity contribution in [2.75, 3.05) is 19.8 Å². The van der Waals surface area contributed by atoms with E-state index in [1.807, 2.05) is 0 Å². The first-order chi connectivity index (χ1) is 23.8. The van der Waals surface area contributed by atoms with Gasteiger partial charge >= 0.3 is 0 Å². The lowest BCUT2D eigenvalue weighted by Gasteiger charge is -2.37. The van der Waals surface area contributed by atoms with Crippen molar-refractivity contribution in [2.45, 2.75) is 101 Å². The molecule has 3 fully saturated rings. The number of imidazole rings is 1. The number of carbonyl (C=O) groups is 5. The number of ether oxygens (including phenoxy) is 1. The molecule has 2 aliphatic heterocycles. The summed E-state index contributed by atoms with van der Waals surface area (Å²) in [4.78, 5) is 72.8. The fraction of sp³-hybridized carbons (Fsp3) is 0.588. The number of fused-ring (bicyclic) bond motifs is 1. The maximum atomic E-state index is 15.0. The predicted octanol–water partition coefficient (Wildman–Crippen LogP) is 0.868. The number of nitrogens with one attached hydrogen (secondary N) is 1. The minimum Gasteiger partial charge on any atom is -0.384 e. The van der Waals surface area contributed by atoms with E-state index in [1.54, 1.807) is 47.5 Å². The molecule has 50 heavy (non-hydrogen) atoms. The maximum absolute atomic E-state index is 15.0. The monoisotopic (exact) mass is 691 g/mol. The molecule has 16 nitrogen and oxygen atoms in total. The zero-order valence-electron chi connectivity index (χ0n) is 28.4. The van der Waals surface area contributed by atoms with Gasteiger partial charge in [0.2, 0.25) is 23.5 Å². The van der Waals surface area contributed by atoms with Gasteiger partial charge in [-0.2, -0.15) is 0 Å². The van der Waals surface area contributed by atoms with Crippen LogP contribution in [0, 0.1) is 5.92 Å². The Morgan fingerprint density at radius 1 is 1.08 bits per heavy atom. The second-order valence-electron chi connectivity index (χ2n) is 14.4. The van der Waals surface area contributed by atoms with Crippen LogP contribution >= 0.6 is 0 Å². The van der Waals surface area contributed by atoms with Crippen LogP contribution in [0.5, 0.6) is 0 Å². The molecule has 16 heteroatoms. The molecular weight excluding hydrogens is 646 g/mol. The average molecular weight is 692 g/mol. The standard InChI is InChI=1S/C34H45N9O7/c1-33(2,49)26-16-37-40-43(26)22-15-25(31(47)39-34(28(44)30(36)46)10-12-50-13-11-34)42(18-22)32(48)23(14-20-6-4-3-5-7-20)24-19-41-17-21(29(35)45)8-9-27(41)38-24/h8-9,16-17,19-20,22-23,25,49H,3-7,10-15,18H2,1-2H3,(H2,35,45)(H2,36,46)(H,39,47)/t22-,23+,25-/m0/s1. The molecule has 3 atom stereocenters. The number of rotatable bonds is 11. The summed E-state index contributed by atoms with van der Waals surface area (Å²) in [5.74, 6) is -4.10. The maximum Gasteiger partial charge on any atom is 0.287 e. The summed E-state index contributed by atoms with van der Waals surface area (Å²) in [6.07, 6.45) is 10.6. The number of primary amides is 2. The lowest BCUT2D eigenvalue weighted by molar-refractivity contribution is -0.147. The molecule has 1 aliphatic carbocycles. The van der Waals surface area contributed by atoms with Crippen molar-refractivity contribution in [3.63, 3.8) is 0 Å². The first kappa shape index (κ1) is 35.1. The second-order valence-corrected chi connectivity index (χ2v) is 14.4. The lowest BCUT2D eigenvalue weighted by Crippen LogP contribution is -2.63. The third-order valence-electron chi connectivity index (χ3n) is 10.5. The highest BCUT2D eigenvalue weighted by atomic mass is 16.5. The summed E-state index contributed by atoms with van der Waals surface area (Å²) in [5.41, 5.74) is 9.79. The molecule has 1 saturated carbocycles. The number of ketones is 1. The Kier molecular flexibility index (Phi) is 9.77. The zero-order valence-corrected chi connectivity index (χ0v) is 28.4. The molecule has 5 heterocycles. The molecule has 0 aromatic carbocycles. The van der Waals surface area contributed by atoms with Gasteiger partial charge in [-0.3, -0.25) is 24.0 Å². The van der Waals surface area contributed by atoms with Gasteiger partial charge in [0.25, 0.3) is 5.91 Å². The smallest absolute Gasteiger partial charge is 0.287 e. The molecule has 0 radical (unpaired) electrons. The van der Waals surface area contributed by atoms with Crippen molar-refractivity contribution in [1.82, 2.24) is 34.6 Å². The summed E-state index contributed by atoms with van der Waals surface area (Å²) in [6, 6.07) is 1.62. The van der Waals surface area contributed by atoms with E-state index in [1.165, 1.54) is 11.1 Å². The molecule has 6 rings (SSSR count). The van der Waals surface area contributed by atoms with E-state index in [2.05, 4.69) is 15.6 Å². The van der Waals surface area contributed by atoms with Crippen LogP contribution in [0.25, 0.3) is 5.65 Å². The quantitative estimate of drug-likeness (QED) is 0.207. The van der Waals surface area contributed by atoms with Crippen molar-refractivity contribution in [3.05, 3.63) is 47.7 Å². The van der Waals surface area contributed by atoms with E-state index in [-0.39, 0.29) is 50.8 Å². The molecule has 3 aliphatic rings. The fourth-order valence-corrected chi connectivity index (χ4v) is 7.75. The number of nitrogens with two attached hydrogens (primary N) is 2. The predicted molar refractivity (Wildman–Crippen MR) is 177 cm³/mol. The van der Waals surface area contributed by atoms with Crippen LogP contribution in [-0.4, -0.2) is 95.1 Å². The van der Waals surface area contributed by atoms with E-state index in [9.17, 15) is 29.1 Å². The number of nitrogens with zero attached hydrogens (tertiary/aromatic N) is 6. The summed E-state index contributed by atoms with van der Waals surface area (Å²) in [5, 5.41) is 22.0. The van der Waals surface area contributed by atoms with Crippen LogP contribution in [0.2, 0.25) is 0 Å². The van der Waals surface area contributed by atoms with Gasteiger partial charge in [-0.05, 0) is 38.3 Å². The van der Waals surface area contributed by atoms with Gasteiger partial charge in [0, 0.05) is 51.4 Å². The van der Waals surface area contributed by atoms with E-state index in [4.69, 9.17) is 21.2 Å². The summed E-state index contributed by atoms with van der Waals surface area (Å²) >= 11 is 0. The van der Waals surface area contributed by atoms with Crippen LogP contribution < -0.4 is 16.8 Å². The van der Waals surface area contributed by atoms with Gasteiger partial charge in [-0.15, -0.1) is 5.10 Å². The van der Waals surface area contributed by atoms with E-state index in [0.717, 1.165) is 32.1 Å². The molecule has 0 unspecified atom stereocenters. The highest BCUT2D eigenvalue weighted by Gasteiger charge is 2.49. The lowest BCUT2D eigenvalue weighted by atomic mass is 9.81. The van der Waals surface area contributed by atoms with E-state index < -0.39 is 52.6 Å². The van der Waals surface area contributed by atoms with Gasteiger partial charge in [0.05, 0.1) is 35.1 Å². The third kappa shape index (κ3) is 6.99. The number of aliphatic hydroxyl groups is 1. The molecule has 0 spiro atoms. The SMILES string of the molecule is CC(C)(O)c1cnnn1[C@H]1C[C@@H](C(=O)NC2(C(=O)C(N)=O)CCOCC2)N(C(=O)[C@H](CC2CCCCC2)c2cn3cc(C(N)=O)ccc3n2)C1. The molecule has 268 valence electrons. The Balaban J connectivity index is 1.39. The molecule has 2 saturated heterocycles. The van der Waals surface area contributed by atoms with Crippen LogP contribution in [0.4, 0.5) is 0 Å². The second kappa shape index (κ2) is 13.9. The van der Waals surface area contributed by atoms with Crippen molar-refractivity contribution < 1.29 is 33.8 Å². The largest absolute Gasteiger partial charge is 0.384 e. The number of hydrogen-bond acceptors (Lipinski definition) is 10. The minimum atomic E-state index is -1.57. The van der Waals surface area contributed by atoms with Crippen molar-refractivity contribution in [3.8, 4) is 0 Å². The normalized spacial score (nSPS) is 21.9.